The van der Waals surface area contributed by atoms with E-state index in [2.05, 4.69) is 31.0 Å². The number of rotatable bonds is 6. The first-order valence-corrected chi connectivity index (χ1v) is 8.49. The van der Waals surface area contributed by atoms with Crippen LogP contribution in [0.4, 0.5) is 10.1 Å². The summed E-state index contributed by atoms with van der Waals surface area (Å²) in [7, 11) is 0. The van der Waals surface area contributed by atoms with Crippen LogP contribution in [0.25, 0.3) is 0 Å². The third-order valence-electron chi connectivity index (χ3n) is 4.52. The standard InChI is InChI=1S/C18H29FN2O/c1-4-5-13(2)20-14(3)17-12-15(19)6-7-18(17)21-10-8-16(22)9-11-21/h6-7,12-14,16,20,22H,4-5,8-11H2,1-3H3. The second-order valence-corrected chi connectivity index (χ2v) is 6.50. The van der Waals surface area contributed by atoms with Gasteiger partial charge in [0.15, 0.2) is 0 Å². The maximum Gasteiger partial charge on any atom is 0.123 e. The van der Waals surface area contributed by atoms with Gasteiger partial charge in [-0.1, -0.05) is 13.3 Å². The van der Waals surface area contributed by atoms with E-state index in [4.69, 9.17) is 0 Å². The van der Waals surface area contributed by atoms with Crippen LogP contribution in [-0.2, 0) is 0 Å². The number of aliphatic hydroxyl groups excluding tert-OH is 1. The van der Waals surface area contributed by atoms with Crippen LogP contribution in [-0.4, -0.2) is 30.3 Å². The van der Waals surface area contributed by atoms with E-state index in [1.165, 1.54) is 6.07 Å². The van der Waals surface area contributed by atoms with E-state index in [1.54, 1.807) is 6.07 Å². The Hall–Kier alpha value is -1.13. The molecule has 0 amide bonds. The number of benzene rings is 1. The summed E-state index contributed by atoms with van der Waals surface area (Å²) in [4.78, 5) is 2.27. The van der Waals surface area contributed by atoms with Crippen molar-refractivity contribution in [1.29, 1.82) is 0 Å². The van der Waals surface area contributed by atoms with E-state index in [-0.39, 0.29) is 18.0 Å². The quantitative estimate of drug-likeness (QED) is 0.842. The number of nitrogens with zero attached hydrogens (tertiary/aromatic N) is 1. The van der Waals surface area contributed by atoms with Crippen LogP contribution in [0, 0.1) is 5.82 Å². The summed E-state index contributed by atoms with van der Waals surface area (Å²) in [5.41, 5.74) is 2.11. The molecule has 1 fully saturated rings. The van der Waals surface area contributed by atoms with Gasteiger partial charge in [0, 0.05) is 30.9 Å². The van der Waals surface area contributed by atoms with Crippen LogP contribution in [0.5, 0.6) is 0 Å². The number of anilines is 1. The van der Waals surface area contributed by atoms with Crippen molar-refractivity contribution in [2.45, 2.75) is 64.6 Å². The highest BCUT2D eigenvalue weighted by Gasteiger charge is 2.22. The Bertz CT molecular complexity index is 472. The second kappa shape index (κ2) is 7.93. The minimum absolute atomic E-state index is 0.110. The van der Waals surface area contributed by atoms with E-state index in [9.17, 15) is 9.50 Å². The lowest BCUT2D eigenvalue weighted by molar-refractivity contribution is 0.145. The molecule has 1 aromatic rings. The maximum absolute atomic E-state index is 13.7. The van der Waals surface area contributed by atoms with Crippen molar-refractivity contribution >= 4 is 5.69 Å². The van der Waals surface area contributed by atoms with Gasteiger partial charge in [0.1, 0.15) is 5.82 Å². The molecule has 0 spiro atoms. The average Bonchev–Trinajstić information content (AvgIpc) is 2.48. The highest BCUT2D eigenvalue weighted by molar-refractivity contribution is 5.55. The van der Waals surface area contributed by atoms with E-state index >= 15 is 0 Å². The average molecular weight is 308 g/mol. The van der Waals surface area contributed by atoms with Crippen molar-refractivity contribution in [3.05, 3.63) is 29.6 Å². The summed E-state index contributed by atoms with van der Waals surface area (Å²) in [5, 5.41) is 13.2. The lowest BCUT2D eigenvalue weighted by Crippen LogP contribution is -2.37. The van der Waals surface area contributed by atoms with Crippen LogP contribution in [0.2, 0.25) is 0 Å². The van der Waals surface area contributed by atoms with Crippen molar-refractivity contribution < 1.29 is 9.50 Å². The Morgan fingerprint density at radius 2 is 2.00 bits per heavy atom. The molecule has 0 radical (unpaired) electrons. The summed E-state index contributed by atoms with van der Waals surface area (Å²) >= 11 is 0. The van der Waals surface area contributed by atoms with Gasteiger partial charge in [-0.05, 0) is 56.9 Å². The van der Waals surface area contributed by atoms with Gasteiger partial charge in [0.2, 0.25) is 0 Å². The molecular formula is C18H29FN2O. The molecule has 2 atom stereocenters. The van der Waals surface area contributed by atoms with E-state index in [1.807, 2.05) is 6.07 Å². The molecule has 1 aliphatic heterocycles. The first-order valence-electron chi connectivity index (χ1n) is 8.49. The van der Waals surface area contributed by atoms with Gasteiger partial charge in [0.05, 0.1) is 6.10 Å². The lowest BCUT2D eigenvalue weighted by atomic mass is 10.0. The molecular weight excluding hydrogens is 279 g/mol. The molecule has 0 saturated carbocycles. The summed E-state index contributed by atoms with van der Waals surface area (Å²) in [5.74, 6) is -0.187. The first kappa shape index (κ1) is 17.2. The van der Waals surface area contributed by atoms with Crippen LogP contribution in [0.1, 0.15) is 58.1 Å². The second-order valence-electron chi connectivity index (χ2n) is 6.50. The topological polar surface area (TPSA) is 35.5 Å². The molecule has 0 aromatic heterocycles. The molecule has 1 aliphatic rings. The van der Waals surface area contributed by atoms with E-state index < -0.39 is 0 Å². The number of aliphatic hydroxyl groups is 1. The third-order valence-corrected chi connectivity index (χ3v) is 4.52. The summed E-state index contributed by atoms with van der Waals surface area (Å²) in [6, 6.07) is 5.59. The van der Waals surface area contributed by atoms with Crippen LogP contribution in [0.15, 0.2) is 18.2 Å². The zero-order valence-electron chi connectivity index (χ0n) is 14.0. The van der Waals surface area contributed by atoms with Crippen molar-refractivity contribution in [2.24, 2.45) is 0 Å². The van der Waals surface area contributed by atoms with Crippen molar-refractivity contribution in [2.75, 3.05) is 18.0 Å². The predicted molar refractivity (Wildman–Crippen MR) is 89.8 cm³/mol. The molecule has 4 heteroatoms. The Balaban J connectivity index is 2.16. The molecule has 1 saturated heterocycles. The number of halogens is 1. The van der Waals surface area contributed by atoms with Gasteiger partial charge < -0.3 is 15.3 Å². The fourth-order valence-electron chi connectivity index (χ4n) is 3.30. The van der Waals surface area contributed by atoms with Crippen molar-refractivity contribution in [3.8, 4) is 0 Å². The van der Waals surface area contributed by atoms with E-state index in [0.29, 0.717) is 6.04 Å². The highest BCUT2D eigenvalue weighted by Crippen LogP contribution is 2.30. The Kier molecular flexibility index (Phi) is 6.21. The summed E-state index contributed by atoms with van der Waals surface area (Å²) in [6.07, 6.45) is 3.63. The lowest BCUT2D eigenvalue weighted by Gasteiger charge is -2.34. The fraction of sp³-hybridized carbons (Fsp3) is 0.667. The van der Waals surface area contributed by atoms with Crippen LogP contribution < -0.4 is 10.2 Å². The molecule has 1 heterocycles. The van der Waals surface area contributed by atoms with Crippen LogP contribution >= 0.6 is 0 Å². The van der Waals surface area contributed by atoms with Gasteiger partial charge in [-0.25, -0.2) is 4.39 Å². The molecule has 2 N–H and O–H groups in total. The fourth-order valence-corrected chi connectivity index (χ4v) is 3.30. The smallest absolute Gasteiger partial charge is 0.123 e. The number of hydrogen-bond acceptors (Lipinski definition) is 3. The minimum Gasteiger partial charge on any atom is -0.393 e. The maximum atomic E-state index is 13.7. The molecule has 0 bridgehead atoms. The Morgan fingerprint density at radius 3 is 2.64 bits per heavy atom. The zero-order chi connectivity index (χ0) is 16.1. The third kappa shape index (κ3) is 4.43. The first-order chi connectivity index (χ1) is 10.5. The number of piperidine rings is 1. The van der Waals surface area contributed by atoms with Crippen molar-refractivity contribution in [1.82, 2.24) is 5.32 Å². The molecule has 2 rings (SSSR count). The van der Waals surface area contributed by atoms with Gasteiger partial charge >= 0.3 is 0 Å². The molecule has 22 heavy (non-hydrogen) atoms. The molecule has 0 aliphatic carbocycles. The van der Waals surface area contributed by atoms with Crippen molar-refractivity contribution in [3.63, 3.8) is 0 Å². The number of hydrogen-bond donors (Lipinski definition) is 2. The highest BCUT2D eigenvalue weighted by atomic mass is 19.1. The summed E-state index contributed by atoms with van der Waals surface area (Å²) < 4.78 is 13.7. The van der Waals surface area contributed by atoms with Gasteiger partial charge in [-0.2, -0.15) is 0 Å². The van der Waals surface area contributed by atoms with Gasteiger partial charge in [-0.15, -0.1) is 0 Å². The predicted octanol–water partition coefficient (Wildman–Crippen LogP) is 3.63. The molecule has 2 unspecified atom stereocenters. The number of nitrogens with one attached hydrogen (secondary N) is 1. The zero-order valence-corrected chi connectivity index (χ0v) is 14.0. The van der Waals surface area contributed by atoms with E-state index in [0.717, 1.165) is 50.0 Å². The Labute approximate surface area is 133 Å². The van der Waals surface area contributed by atoms with Gasteiger partial charge in [-0.3, -0.25) is 0 Å². The van der Waals surface area contributed by atoms with Crippen LogP contribution in [0.3, 0.4) is 0 Å². The van der Waals surface area contributed by atoms with Gasteiger partial charge in [0.25, 0.3) is 0 Å². The largest absolute Gasteiger partial charge is 0.393 e. The summed E-state index contributed by atoms with van der Waals surface area (Å²) in [6.45, 7) is 8.11. The molecule has 3 nitrogen and oxygen atoms in total. The molecule has 1 aromatic carbocycles. The minimum atomic E-state index is -0.194. The normalized spacial score (nSPS) is 19.2. The molecule has 124 valence electrons. The SMILES string of the molecule is CCCC(C)NC(C)c1cc(F)ccc1N1CCC(O)CC1. The monoisotopic (exact) mass is 308 g/mol. The Morgan fingerprint density at radius 1 is 1.32 bits per heavy atom.